The molecule has 33 heavy (non-hydrogen) atoms. The Morgan fingerprint density at radius 2 is 1.70 bits per heavy atom. The SMILES string of the molecule is CN(C)[C@@H]1C(=O)C(C(N)=O)=C(O)[C@@]2(O)C(O)=C3C(=O)c4c(O)cccc4[C@@](C)(O)[C@H]3[C@H](O)[C@@H]12. The molecule has 0 saturated carbocycles. The van der Waals surface area contributed by atoms with Crippen molar-refractivity contribution in [1.82, 2.24) is 4.90 Å². The quantitative estimate of drug-likeness (QED) is 0.262. The average Bonchev–Trinajstić information content (AvgIpc) is 2.70. The minimum Gasteiger partial charge on any atom is -0.508 e. The number of nitrogens with two attached hydrogens (primary N) is 1. The second-order valence-corrected chi connectivity index (χ2v) is 9.06. The summed E-state index contributed by atoms with van der Waals surface area (Å²) in [5, 5.41) is 66.6. The monoisotopic (exact) mass is 460 g/mol. The first-order valence-corrected chi connectivity index (χ1v) is 10.1. The van der Waals surface area contributed by atoms with Crippen molar-refractivity contribution in [2.45, 2.75) is 30.3 Å². The standard InChI is InChI=1S/C22H24N2O9/c1-21(32)7-5-4-6-8(25)9(7)15(26)10-12(21)17(28)13-14(24(2)3)16(27)11(20(23)31)19(30)22(13,33)18(10)29/h4-6,12-14,17,25,28-30,32-33H,1-3H3,(H2,23,31)/t12-,13-,14+,17+,21-,22+/m1/s1. The highest BCUT2D eigenvalue weighted by Gasteiger charge is 2.68. The number of carbonyl (C=O) groups is 3. The number of aliphatic hydroxyl groups excluding tert-OH is 3. The Labute approximate surface area is 187 Å². The third kappa shape index (κ3) is 2.61. The number of aliphatic hydroxyl groups is 5. The Morgan fingerprint density at radius 3 is 2.24 bits per heavy atom. The Bertz CT molecular complexity index is 1180. The highest BCUT2D eigenvalue weighted by Crippen LogP contribution is 2.57. The number of phenols is 1. The predicted octanol–water partition coefficient (Wildman–Crippen LogP) is -1.24. The van der Waals surface area contributed by atoms with E-state index in [4.69, 9.17) is 5.73 Å². The number of aromatic hydroxyl groups is 1. The number of ketones is 2. The van der Waals surface area contributed by atoms with Crippen LogP contribution in [0, 0.1) is 11.8 Å². The molecule has 8 N–H and O–H groups in total. The first kappa shape index (κ1) is 22.9. The molecule has 0 unspecified atom stereocenters. The fourth-order valence-corrected chi connectivity index (χ4v) is 5.60. The number of benzene rings is 1. The van der Waals surface area contributed by atoms with E-state index in [-0.39, 0.29) is 11.1 Å². The van der Waals surface area contributed by atoms with E-state index >= 15 is 0 Å². The zero-order valence-corrected chi connectivity index (χ0v) is 18.0. The van der Waals surface area contributed by atoms with Gasteiger partial charge in [0, 0.05) is 0 Å². The van der Waals surface area contributed by atoms with Crippen LogP contribution in [0.15, 0.2) is 40.9 Å². The van der Waals surface area contributed by atoms with Crippen LogP contribution in [0.2, 0.25) is 0 Å². The van der Waals surface area contributed by atoms with Crippen molar-refractivity contribution in [1.29, 1.82) is 0 Å². The number of Topliss-reactive ketones (excluding diaryl/α,β-unsaturated/α-hetero) is 2. The summed E-state index contributed by atoms with van der Waals surface area (Å²) in [5.74, 6) is -9.61. The number of fused-ring (bicyclic) bond motifs is 3. The molecular weight excluding hydrogens is 436 g/mol. The molecule has 176 valence electrons. The summed E-state index contributed by atoms with van der Waals surface area (Å²) < 4.78 is 0. The van der Waals surface area contributed by atoms with Gasteiger partial charge in [0.1, 0.15) is 22.8 Å². The first-order valence-electron chi connectivity index (χ1n) is 10.1. The maximum atomic E-state index is 13.4. The molecule has 0 saturated heterocycles. The van der Waals surface area contributed by atoms with Crippen molar-refractivity contribution in [3.8, 4) is 5.75 Å². The summed E-state index contributed by atoms with van der Waals surface area (Å²) in [4.78, 5) is 39.6. The number of rotatable bonds is 2. The summed E-state index contributed by atoms with van der Waals surface area (Å²) in [5.41, 5.74) is -1.78. The van der Waals surface area contributed by atoms with Gasteiger partial charge in [-0.25, -0.2) is 0 Å². The van der Waals surface area contributed by atoms with E-state index in [1.165, 1.54) is 44.1 Å². The van der Waals surface area contributed by atoms with Crippen LogP contribution < -0.4 is 5.73 Å². The summed E-state index contributed by atoms with van der Waals surface area (Å²) in [6.07, 6.45) is -1.87. The third-order valence-electron chi connectivity index (χ3n) is 7.04. The van der Waals surface area contributed by atoms with Gasteiger partial charge < -0.3 is 36.4 Å². The minimum atomic E-state index is -2.95. The van der Waals surface area contributed by atoms with Crippen LogP contribution in [0.5, 0.6) is 5.75 Å². The number of phenolic OH excluding ortho intramolecular Hbond substituents is 1. The van der Waals surface area contributed by atoms with E-state index in [1.54, 1.807) is 0 Å². The average molecular weight is 460 g/mol. The van der Waals surface area contributed by atoms with Gasteiger partial charge in [0.2, 0.25) is 0 Å². The van der Waals surface area contributed by atoms with E-state index in [0.29, 0.717) is 0 Å². The lowest BCUT2D eigenvalue weighted by Crippen LogP contribution is -2.69. The largest absolute Gasteiger partial charge is 0.508 e. The van der Waals surface area contributed by atoms with Gasteiger partial charge in [-0.05, 0) is 32.6 Å². The van der Waals surface area contributed by atoms with Crippen LogP contribution in [0.1, 0.15) is 22.8 Å². The molecule has 0 heterocycles. The molecule has 0 aliphatic heterocycles. The number of carbonyl (C=O) groups excluding carboxylic acids is 3. The first-order chi connectivity index (χ1) is 15.2. The summed E-state index contributed by atoms with van der Waals surface area (Å²) in [7, 11) is 2.81. The van der Waals surface area contributed by atoms with Gasteiger partial charge in [0.15, 0.2) is 17.2 Å². The van der Waals surface area contributed by atoms with Crippen molar-refractivity contribution >= 4 is 17.5 Å². The Morgan fingerprint density at radius 1 is 1.09 bits per heavy atom. The minimum absolute atomic E-state index is 0.0281. The number of likely N-dealkylation sites (N-methyl/N-ethyl adjacent to an activating group) is 1. The van der Waals surface area contributed by atoms with Gasteiger partial charge in [-0.3, -0.25) is 19.3 Å². The molecule has 3 aliphatic rings. The molecule has 0 aromatic heterocycles. The molecule has 0 spiro atoms. The van der Waals surface area contributed by atoms with Crippen molar-refractivity contribution < 1.29 is 45.0 Å². The molecule has 1 aromatic carbocycles. The zero-order valence-electron chi connectivity index (χ0n) is 18.0. The van der Waals surface area contributed by atoms with Crippen LogP contribution >= 0.6 is 0 Å². The zero-order chi connectivity index (χ0) is 24.8. The Kier molecular flexibility index (Phi) is 4.78. The molecule has 0 bridgehead atoms. The van der Waals surface area contributed by atoms with Crippen LogP contribution in [0.4, 0.5) is 0 Å². The molecule has 0 fully saturated rings. The van der Waals surface area contributed by atoms with E-state index < -0.39 is 81.1 Å². The fraction of sp³-hybridized carbons (Fsp3) is 0.409. The van der Waals surface area contributed by atoms with Gasteiger partial charge in [0.25, 0.3) is 5.91 Å². The van der Waals surface area contributed by atoms with Crippen molar-refractivity contribution in [3.05, 3.63) is 52.0 Å². The van der Waals surface area contributed by atoms with E-state index in [2.05, 4.69) is 0 Å². The lowest BCUT2D eigenvalue weighted by molar-refractivity contribution is -0.166. The normalized spacial score (nSPS) is 36.0. The van der Waals surface area contributed by atoms with Crippen LogP contribution in [-0.2, 0) is 15.2 Å². The topological polar surface area (TPSA) is 202 Å². The molecule has 1 aromatic rings. The van der Waals surface area contributed by atoms with Crippen molar-refractivity contribution in [2.75, 3.05) is 14.1 Å². The van der Waals surface area contributed by atoms with Gasteiger partial charge in [-0.2, -0.15) is 0 Å². The molecule has 11 nitrogen and oxygen atoms in total. The highest BCUT2D eigenvalue weighted by molar-refractivity contribution is 6.22. The lowest BCUT2D eigenvalue weighted by atomic mass is 9.54. The molecule has 0 radical (unpaired) electrons. The number of hydrogen-bond acceptors (Lipinski definition) is 10. The van der Waals surface area contributed by atoms with Crippen LogP contribution in [-0.4, -0.2) is 84.9 Å². The van der Waals surface area contributed by atoms with E-state index in [1.807, 2.05) is 0 Å². The van der Waals surface area contributed by atoms with Gasteiger partial charge in [-0.1, -0.05) is 12.1 Å². The van der Waals surface area contributed by atoms with Crippen LogP contribution in [0.3, 0.4) is 0 Å². The highest BCUT2D eigenvalue weighted by atomic mass is 16.4. The second-order valence-electron chi connectivity index (χ2n) is 9.06. The maximum absolute atomic E-state index is 13.4. The molecule has 4 rings (SSSR count). The number of primary amides is 1. The molecule has 3 aliphatic carbocycles. The van der Waals surface area contributed by atoms with Gasteiger partial charge >= 0.3 is 0 Å². The third-order valence-corrected chi connectivity index (χ3v) is 7.04. The predicted molar refractivity (Wildman–Crippen MR) is 111 cm³/mol. The molecule has 6 atom stereocenters. The second kappa shape index (κ2) is 6.87. The Hall–Kier alpha value is -3.25. The van der Waals surface area contributed by atoms with E-state index in [9.17, 15) is 45.0 Å². The van der Waals surface area contributed by atoms with E-state index in [0.717, 1.165) is 0 Å². The van der Waals surface area contributed by atoms with Gasteiger partial charge in [-0.15, -0.1) is 0 Å². The molecule has 1 amide bonds. The van der Waals surface area contributed by atoms with Crippen LogP contribution in [0.25, 0.3) is 0 Å². The van der Waals surface area contributed by atoms with Gasteiger partial charge in [0.05, 0.1) is 40.7 Å². The van der Waals surface area contributed by atoms with Crippen molar-refractivity contribution in [3.63, 3.8) is 0 Å². The fourth-order valence-electron chi connectivity index (χ4n) is 5.60. The number of hydrogen-bond donors (Lipinski definition) is 7. The summed E-state index contributed by atoms with van der Waals surface area (Å²) >= 11 is 0. The molecule has 11 heteroatoms. The Balaban J connectivity index is 2.13. The smallest absolute Gasteiger partial charge is 0.255 e. The summed E-state index contributed by atoms with van der Waals surface area (Å²) in [6, 6.07) is 2.47. The maximum Gasteiger partial charge on any atom is 0.255 e. The lowest BCUT2D eigenvalue weighted by Gasteiger charge is -2.55. The van der Waals surface area contributed by atoms with Crippen molar-refractivity contribution in [2.24, 2.45) is 17.6 Å². The number of nitrogens with zero attached hydrogens (tertiary/aromatic N) is 1. The summed E-state index contributed by atoms with van der Waals surface area (Å²) in [6.45, 7) is 1.25. The molecular formula is C22H24N2O9. The number of amides is 1.